The third-order valence-corrected chi connectivity index (χ3v) is 5.91. The molecule has 1 atom stereocenters. The van der Waals surface area contributed by atoms with E-state index >= 15 is 0 Å². The number of methoxy groups -OCH3 is 1. The fraction of sp³-hybridized carbons (Fsp3) is 0.241. The highest BCUT2D eigenvalue weighted by Gasteiger charge is 2.24. The smallest absolute Gasteiger partial charge is 0.306 e. The summed E-state index contributed by atoms with van der Waals surface area (Å²) in [5, 5.41) is 5.02. The van der Waals surface area contributed by atoms with Gasteiger partial charge in [0.05, 0.1) is 37.2 Å². The van der Waals surface area contributed by atoms with Crippen LogP contribution in [-0.2, 0) is 9.53 Å². The molecule has 1 aromatic heterocycles. The molecule has 1 unspecified atom stereocenters. The predicted octanol–water partition coefficient (Wildman–Crippen LogP) is 6.25. The number of aromatic nitrogens is 2. The van der Waals surface area contributed by atoms with Crippen LogP contribution in [0.2, 0.25) is 0 Å². The molecule has 4 rings (SSSR count). The van der Waals surface area contributed by atoms with Crippen LogP contribution in [0.3, 0.4) is 0 Å². The molecule has 0 radical (unpaired) electrons. The molecule has 34 heavy (non-hydrogen) atoms. The molecule has 174 valence electrons. The van der Waals surface area contributed by atoms with E-state index in [0.29, 0.717) is 6.61 Å². The van der Waals surface area contributed by atoms with Crippen molar-refractivity contribution < 1.29 is 14.3 Å². The van der Waals surface area contributed by atoms with Crippen molar-refractivity contribution in [3.05, 3.63) is 101 Å². The Morgan fingerprint density at radius 1 is 0.912 bits per heavy atom. The largest absolute Gasteiger partial charge is 0.497 e. The Morgan fingerprint density at radius 3 is 2.12 bits per heavy atom. The molecule has 0 aliphatic carbocycles. The molecule has 0 saturated heterocycles. The van der Waals surface area contributed by atoms with E-state index in [9.17, 15) is 4.79 Å². The standard InChI is InChI=1S/C29H30N2O3/c1-5-34-29(32)18-26(22-10-6-20(2)7-11-22)27-19-28(23-12-8-21(3)9-13-23)31(30-27)24-14-16-25(33-4)17-15-24/h6-17,19,26H,5,18H2,1-4H3. The minimum absolute atomic E-state index is 0.219. The van der Waals surface area contributed by atoms with Crippen molar-refractivity contribution >= 4 is 5.97 Å². The van der Waals surface area contributed by atoms with Crippen LogP contribution in [0.5, 0.6) is 5.75 Å². The Bertz CT molecular complexity index is 1240. The van der Waals surface area contributed by atoms with E-state index < -0.39 is 0 Å². The Labute approximate surface area is 201 Å². The highest BCUT2D eigenvalue weighted by molar-refractivity contribution is 5.72. The molecule has 4 aromatic rings. The number of ether oxygens (including phenoxy) is 2. The average Bonchev–Trinajstić information content (AvgIpc) is 3.29. The lowest BCUT2D eigenvalue weighted by molar-refractivity contribution is -0.143. The summed E-state index contributed by atoms with van der Waals surface area (Å²) in [5.74, 6) is 0.333. The molecule has 0 N–H and O–H groups in total. The summed E-state index contributed by atoms with van der Waals surface area (Å²) in [6.45, 7) is 6.31. The number of benzene rings is 3. The van der Waals surface area contributed by atoms with Crippen LogP contribution >= 0.6 is 0 Å². The zero-order valence-electron chi connectivity index (χ0n) is 20.1. The van der Waals surface area contributed by atoms with E-state index in [1.807, 2.05) is 35.9 Å². The maximum Gasteiger partial charge on any atom is 0.306 e. The number of aryl methyl sites for hydroxylation is 2. The minimum Gasteiger partial charge on any atom is -0.497 e. The van der Waals surface area contributed by atoms with Crippen LogP contribution in [-0.4, -0.2) is 29.5 Å². The number of carbonyl (C=O) groups is 1. The number of hydrogen-bond acceptors (Lipinski definition) is 4. The van der Waals surface area contributed by atoms with Crippen molar-refractivity contribution in [1.82, 2.24) is 9.78 Å². The van der Waals surface area contributed by atoms with Gasteiger partial charge in [0.1, 0.15) is 5.75 Å². The summed E-state index contributed by atoms with van der Waals surface area (Å²) in [4.78, 5) is 12.5. The van der Waals surface area contributed by atoms with Gasteiger partial charge in [0.25, 0.3) is 0 Å². The predicted molar refractivity (Wildman–Crippen MR) is 135 cm³/mol. The fourth-order valence-corrected chi connectivity index (χ4v) is 4.00. The molecular formula is C29H30N2O3. The lowest BCUT2D eigenvalue weighted by Crippen LogP contribution is -2.12. The van der Waals surface area contributed by atoms with E-state index in [1.165, 1.54) is 11.1 Å². The number of nitrogens with zero attached hydrogens (tertiary/aromatic N) is 2. The number of hydrogen-bond donors (Lipinski definition) is 0. The maximum atomic E-state index is 12.5. The van der Waals surface area contributed by atoms with Crippen molar-refractivity contribution in [3.63, 3.8) is 0 Å². The summed E-state index contributed by atoms with van der Waals surface area (Å²) >= 11 is 0. The molecule has 1 heterocycles. The molecular weight excluding hydrogens is 424 g/mol. The summed E-state index contributed by atoms with van der Waals surface area (Å²) < 4.78 is 12.6. The van der Waals surface area contributed by atoms with Gasteiger partial charge in [-0.3, -0.25) is 4.79 Å². The molecule has 0 fully saturated rings. The highest BCUT2D eigenvalue weighted by Crippen LogP contribution is 2.33. The molecule has 0 saturated carbocycles. The van der Waals surface area contributed by atoms with E-state index in [-0.39, 0.29) is 18.3 Å². The normalized spacial score (nSPS) is 11.8. The fourth-order valence-electron chi connectivity index (χ4n) is 4.00. The number of rotatable bonds is 8. The first-order valence-electron chi connectivity index (χ1n) is 11.5. The molecule has 0 aliphatic heterocycles. The SMILES string of the molecule is CCOC(=O)CC(c1ccc(C)cc1)c1cc(-c2ccc(C)cc2)n(-c2ccc(OC)cc2)n1. The van der Waals surface area contributed by atoms with Crippen LogP contribution in [0.4, 0.5) is 0 Å². The zero-order valence-corrected chi connectivity index (χ0v) is 20.1. The van der Waals surface area contributed by atoms with Gasteiger partial charge >= 0.3 is 5.97 Å². The third kappa shape index (κ3) is 5.20. The van der Waals surface area contributed by atoms with Crippen molar-refractivity contribution in [2.75, 3.05) is 13.7 Å². The lowest BCUT2D eigenvalue weighted by atomic mass is 9.91. The van der Waals surface area contributed by atoms with Crippen LogP contribution in [0.25, 0.3) is 16.9 Å². The zero-order chi connectivity index (χ0) is 24.1. The van der Waals surface area contributed by atoms with Gasteiger partial charge in [-0.05, 0) is 56.7 Å². The third-order valence-electron chi connectivity index (χ3n) is 5.91. The molecule has 3 aromatic carbocycles. The lowest BCUT2D eigenvalue weighted by Gasteiger charge is -2.15. The summed E-state index contributed by atoms with van der Waals surface area (Å²) in [6.07, 6.45) is 0.226. The monoisotopic (exact) mass is 454 g/mol. The van der Waals surface area contributed by atoms with E-state index in [4.69, 9.17) is 14.6 Å². The Morgan fingerprint density at radius 2 is 1.53 bits per heavy atom. The first kappa shape index (κ1) is 23.3. The highest BCUT2D eigenvalue weighted by atomic mass is 16.5. The van der Waals surface area contributed by atoms with Gasteiger partial charge in [-0.15, -0.1) is 0 Å². The first-order chi connectivity index (χ1) is 16.5. The van der Waals surface area contributed by atoms with Gasteiger partial charge in [0.15, 0.2) is 0 Å². The van der Waals surface area contributed by atoms with Crippen molar-refractivity contribution in [1.29, 1.82) is 0 Å². The Hall–Kier alpha value is -3.86. The second-order valence-electron chi connectivity index (χ2n) is 8.40. The second-order valence-corrected chi connectivity index (χ2v) is 8.40. The van der Waals surface area contributed by atoms with Crippen LogP contribution in [0.1, 0.15) is 41.6 Å². The molecule has 0 aliphatic rings. The molecule has 0 amide bonds. The topological polar surface area (TPSA) is 53.4 Å². The Balaban J connectivity index is 1.84. The van der Waals surface area contributed by atoms with Gasteiger partial charge in [0.2, 0.25) is 0 Å². The molecule has 5 heteroatoms. The Kier molecular flexibility index (Phi) is 7.12. The molecule has 0 spiro atoms. The summed E-state index contributed by atoms with van der Waals surface area (Å²) in [7, 11) is 1.65. The summed E-state index contributed by atoms with van der Waals surface area (Å²) in [6, 6.07) is 26.5. The average molecular weight is 455 g/mol. The quantitative estimate of drug-likeness (QED) is 0.295. The van der Waals surface area contributed by atoms with Crippen LogP contribution in [0.15, 0.2) is 78.9 Å². The van der Waals surface area contributed by atoms with E-state index in [0.717, 1.165) is 34.0 Å². The minimum atomic E-state index is -0.232. The second kappa shape index (κ2) is 10.4. The number of esters is 1. The van der Waals surface area contributed by atoms with Gasteiger partial charge in [-0.1, -0.05) is 59.7 Å². The first-order valence-corrected chi connectivity index (χ1v) is 11.5. The van der Waals surface area contributed by atoms with Gasteiger partial charge in [-0.2, -0.15) is 5.10 Å². The van der Waals surface area contributed by atoms with Crippen LogP contribution < -0.4 is 4.74 Å². The van der Waals surface area contributed by atoms with Crippen molar-refractivity contribution in [2.24, 2.45) is 0 Å². The molecule has 0 bridgehead atoms. The van der Waals surface area contributed by atoms with Crippen molar-refractivity contribution in [3.8, 4) is 22.7 Å². The van der Waals surface area contributed by atoms with E-state index in [2.05, 4.69) is 68.4 Å². The van der Waals surface area contributed by atoms with Crippen molar-refractivity contribution in [2.45, 2.75) is 33.1 Å². The van der Waals surface area contributed by atoms with Crippen LogP contribution in [0, 0.1) is 13.8 Å². The molecule has 5 nitrogen and oxygen atoms in total. The van der Waals surface area contributed by atoms with Gasteiger partial charge in [-0.25, -0.2) is 4.68 Å². The maximum absolute atomic E-state index is 12.5. The van der Waals surface area contributed by atoms with E-state index in [1.54, 1.807) is 7.11 Å². The number of carbonyl (C=O) groups excluding carboxylic acids is 1. The summed E-state index contributed by atoms with van der Waals surface area (Å²) in [5.41, 5.74) is 7.15. The van der Waals surface area contributed by atoms with Gasteiger partial charge in [0, 0.05) is 11.5 Å². The van der Waals surface area contributed by atoms with Gasteiger partial charge < -0.3 is 9.47 Å².